The van der Waals surface area contributed by atoms with Crippen molar-refractivity contribution in [3.05, 3.63) is 24.1 Å². The molecule has 2 nitrogen and oxygen atoms in total. The Morgan fingerprint density at radius 3 is 2.88 bits per heavy atom. The molecule has 0 bridgehead atoms. The van der Waals surface area contributed by atoms with E-state index in [1.807, 2.05) is 0 Å². The predicted molar refractivity (Wildman–Crippen MR) is 56.4 cm³/mol. The van der Waals surface area contributed by atoms with Gasteiger partial charge in [0.15, 0.2) is 0 Å². The van der Waals surface area contributed by atoms with Crippen molar-refractivity contribution in [2.75, 3.05) is 6.61 Å². The first-order chi connectivity index (χ1) is 7.42. The summed E-state index contributed by atoms with van der Waals surface area (Å²) in [6.45, 7) is 1.95. The van der Waals surface area contributed by atoms with Gasteiger partial charge in [0.25, 0.3) is 6.43 Å². The van der Waals surface area contributed by atoms with E-state index < -0.39 is 18.7 Å². The molecule has 16 heavy (non-hydrogen) atoms. The topological polar surface area (TPSA) is 21.6 Å². The molecule has 0 amide bonds. The quantitative estimate of drug-likeness (QED) is 0.730. The minimum absolute atomic E-state index is 0.387. The molecule has 1 rings (SSSR count). The fourth-order valence-corrected chi connectivity index (χ4v) is 1.01. The minimum atomic E-state index is -3.06. The van der Waals surface area contributed by atoms with Gasteiger partial charge in [0.2, 0.25) is 5.67 Å². The number of nitrogens with zero attached hydrogens (tertiary/aromatic N) is 1. The Labute approximate surface area is 92.5 Å². The lowest BCUT2D eigenvalue weighted by atomic mass is 10.1. The molecule has 90 valence electrons. The molecule has 1 heterocycles. The smallest absolute Gasteiger partial charge is 0.275 e. The second-order valence-electron chi connectivity index (χ2n) is 3.84. The highest BCUT2D eigenvalue weighted by molar-refractivity contribution is 5.93. The number of rotatable bonds is 4. The number of hydrogen-bond donors (Lipinski definition) is 0. The highest BCUT2D eigenvalue weighted by Crippen LogP contribution is 2.22. The summed E-state index contributed by atoms with van der Waals surface area (Å²) in [5, 5.41) is 0. The van der Waals surface area contributed by atoms with Crippen molar-refractivity contribution in [2.45, 2.75) is 32.4 Å². The van der Waals surface area contributed by atoms with E-state index in [-0.39, 0.29) is 0 Å². The van der Waals surface area contributed by atoms with Gasteiger partial charge in [0.1, 0.15) is 12.4 Å². The van der Waals surface area contributed by atoms with Crippen molar-refractivity contribution in [3.8, 4) is 0 Å². The Kier molecular flexibility index (Phi) is 4.15. The van der Waals surface area contributed by atoms with E-state index in [2.05, 4.69) is 4.99 Å². The molecule has 0 spiro atoms. The lowest BCUT2D eigenvalue weighted by molar-refractivity contribution is -0.0623. The summed E-state index contributed by atoms with van der Waals surface area (Å²) >= 11 is 0. The molecular formula is C11H14F3NO. The summed E-state index contributed by atoms with van der Waals surface area (Å²) in [6, 6.07) is 0. The maximum atomic E-state index is 13.2. The van der Waals surface area contributed by atoms with Crippen LogP contribution in [0.15, 0.2) is 29.1 Å². The SMILES string of the molecule is CC1=NC=C(OCC(C)(F)C(F)F)CC=C1. The molecule has 0 radical (unpaired) electrons. The summed E-state index contributed by atoms with van der Waals surface area (Å²) in [6.07, 6.45) is 2.38. The second kappa shape index (κ2) is 5.18. The third-order valence-corrected chi connectivity index (χ3v) is 2.09. The van der Waals surface area contributed by atoms with E-state index in [0.29, 0.717) is 12.2 Å². The zero-order chi connectivity index (χ0) is 12.2. The second-order valence-corrected chi connectivity index (χ2v) is 3.84. The fourth-order valence-electron chi connectivity index (χ4n) is 1.01. The molecule has 5 heteroatoms. The van der Waals surface area contributed by atoms with E-state index >= 15 is 0 Å². The first kappa shape index (κ1) is 12.8. The molecule has 0 aliphatic carbocycles. The van der Waals surface area contributed by atoms with Crippen LogP contribution in [-0.4, -0.2) is 24.4 Å². The standard InChI is InChI=1S/C11H14F3NO/c1-8-4-3-5-9(6-15-8)16-7-11(2,14)10(12)13/h3-4,6,10H,5,7H2,1-2H3. The van der Waals surface area contributed by atoms with Gasteiger partial charge in [-0.15, -0.1) is 0 Å². The number of ether oxygens (including phenoxy) is 1. The molecule has 1 atom stereocenters. The van der Waals surface area contributed by atoms with Crippen LogP contribution in [0.3, 0.4) is 0 Å². The van der Waals surface area contributed by atoms with Gasteiger partial charge in [-0.2, -0.15) is 0 Å². The maximum absolute atomic E-state index is 13.2. The van der Waals surface area contributed by atoms with Gasteiger partial charge in [-0.05, 0) is 19.9 Å². The van der Waals surface area contributed by atoms with Gasteiger partial charge < -0.3 is 4.74 Å². The van der Waals surface area contributed by atoms with Crippen molar-refractivity contribution in [2.24, 2.45) is 4.99 Å². The summed E-state index contributed by atoms with van der Waals surface area (Å²) in [4.78, 5) is 3.98. The molecule has 1 unspecified atom stereocenters. The van der Waals surface area contributed by atoms with Gasteiger partial charge in [0, 0.05) is 12.1 Å². The summed E-state index contributed by atoms with van der Waals surface area (Å²) in [5.41, 5.74) is -1.84. The van der Waals surface area contributed by atoms with Crippen LogP contribution < -0.4 is 0 Å². The normalized spacial score (nSPS) is 19.9. The fraction of sp³-hybridized carbons (Fsp3) is 0.545. The van der Waals surface area contributed by atoms with Gasteiger partial charge in [-0.1, -0.05) is 6.08 Å². The number of alkyl halides is 3. The van der Waals surface area contributed by atoms with Crippen LogP contribution in [0.5, 0.6) is 0 Å². The van der Waals surface area contributed by atoms with Crippen LogP contribution in [-0.2, 0) is 4.74 Å². The predicted octanol–water partition coefficient (Wildman–Crippen LogP) is 3.26. The molecule has 0 N–H and O–H groups in total. The van der Waals surface area contributed by atoms with Crippen LogP contribution in [0.4, 0.5) is 13.2 Å². The van der Waals surface area contributed by atoms with Gasteiger partial charge >= 0.3 is 0 Å². The van der Waals surface area contributed by atoms with Gasteiger partial charge in [-0.3, -0.25) is 4.99 Å². The third-order valence-electron chi connectivity index (χ3n) is 2.09. The van der Waals surface area contributed by atoms with Crippen LogP contribution in [0.25, 0.3) is 0 Å². The summed E-state index contributed by atoms with van der Waals surface area (Å²) < 4.78 is 42.6. The van der Waals surface area contributed by atoms with Crippen molar-refractivity contribution >= 4 is 5.71 Å². The van der Waals surface area contributed by atoms with E-state index in [0.717, 1.165) is 12.6 Å². The average Bonchev–Trinajstić information content (AvgIpc) is 2.40. The highest BCUT2D eigenvalue weighted by atomic mass is 19.3. The van der Waals surface area contributed by atoms with E-state index in [1.54, 1.807) is 19.1 Å². The molecule has 0 fully saturated rings. The first-order valence-electron chi connectivity index (χ1n) is 4.91. The Bertz CT molecular complexity index is 332. The molecule has 0 aromatic heterocycles. The lowest BCUT2D eigenvalue weighted by Crippen LogP contribution is -2.33. The van der Waals surface area contributed by atoms with Crippen LogP contribution in [0.2, 0.25) is 0 Å². The van der Waals surface area contributed by atoms with Crippen molar-refractivity contribution in [1.82, 2.24) is 0 Å². The molecule has 0 aromatic rings. The van der Waals surface area contributed by atoms with E-state index in [1.165, 1.54) is 6.20 Å². The number of hydrogen-bond acceptors (Lipinski definition) is 2. The lowest BCUT2D eigenvalue weighted by Gasteiger charge is -2.20. The van der Waals surface area contributed by atoms with Crippen molar-refractivity contribution in [1.29, 1.82) is 0 Å². The van der Waals surface area contributed by atoms with Gasteiger partial charge in [-0.25, -0.2) is 13.2 Å². The molecular weight excluding hydrogens is 219 g/mol. The Morgan fingerprint density at radius 1 is 1.56 bits per heavy atom. The molecule has 0 aromatic carbocycles. The van der Waals surface area contributed by atoms with E-state index in [9.17, 15) is 13.2 Å². The van der Waals surface area contributed by atoms with E-state index in [4.69, 9.17) is 4.74 Å². The number of aliphatic imine (C=N–C) groups is 1. The average molecular weight is 233 g/mol. The largest absolute Gasteiger partial charge is 0.492 e. The van der Waals surface area contributed by atoms with Crippen LogP contribution >= 0.6 is 0 Å². The molecule has 1 aliphatic heterocycles. The monoisotopic (exact) mass is 233 g/mol. The summed E-state index contributed by atoms with van der Waals surface area (Å²) in [7, 11) is 0. The third kappa shape index (κ3) is 3.72. The number of allylic oxidation sites excluding steroid dienone is 2. The van der Waals surface area contributed by atoms with Crippen LogP contribution in [0.1, 0.15) is 20.3 Å². The summed E-state index contributed by atoms with van der Waals surface area (Å²) in [5.74, 6) is 0.387. The molecule has 1 aliphatic rings. The Morgan fingerprint density at radius 2 is 2.25 bits per heavy atom. The zero-order valence-electron chi connectivity index (χ0n) is 9.21. The Hall–Kier alpha value is -1.26. The van der Waals surface area contributed by atoms with Crippen molar-refractivity contribution < 1.29 is 17.9 Å². The van der Waals surface area contributed by atoms with Gasteiger partial charge in [0.05, 0.1) is 6.20 Å². The van der Waals surface area contributed by atoms with Crippen molar-refractivity contribution in [3.63, 3.8) is 0 Å². The van der Waals surface area contributed by atoms with Crippen LogP contribution in [0, 0.1) is 0 Å². The first-order valence-corrected chi connectivity index (χ1v) is 4.91. The maximum Gasteiger partial charge on any atom is 0.275 e. The molecule has 0 saturated carbocycles. The number of halogens is 3. The Balaban J connectivity index is 2.54. The highest BCUT2D eigenvalue weighted by Gasteiger charge is 2.36. The zero-order valence-corrected chi connectivity index (χ0v) is 9.21. The molecule has 0 saturated heterocycles. The minimum Gasteiger partial charge on any atom is -0.492 e.